The van der Waals surface area contributed by atoms with Gasteiger partial charge in [0.05, 0.1) is 6.54 Å². The summed E-state index contributed by atoms with van der Waals surface area (Å²) in [5, 5.41) is 11.6. The Bertz CT molecular complexity index is 312. The fourth-order valence-corrected chi connectivity index (χ4v) is 2.51. The SMILES string of the molecule is CNCc1nnc(C)n1C1CCCCC1. The van der Waals surface area contributed by atoms with Gasteiger partial charge >= 0.3 is 0 Å². The van der Waals surface area contributed by atoms with Crippen molar-refractivity contribution in [1.82, 2.24) is 20.1 Å². The van der Waals surface area contributed by atoms with E-state index in [1.54, 1.807) is 0 Å². The zero-order chi connectivity index (χ0) is 10.7. The molecular formula is C11H20N4. The Morgan fingerprint density at radius 2 is 2.00 bits per heavy atom. The third-order valence-corrected chi connectivity index (χ3v) is 3.21. The molecule has 1 aliphatic rings. The van der Waals surface area contributed by atoms with E-state index >= 15 is 0 Å². The summed E-state index contributed by atoms with van der Waals surface area (Å²) < 4.78 is 2.33. The van der Waals surface area contributed by atoms with Gasteiger partial charge in [0, 0.05) is 6.04 Å². The van der Waals surface area contributed by atoms with E-state index in [9.17, 15) is 0 Å². The van der Waals surface area contributed by atoms with Gasteiger partial charge in [0.1, 0.15) is 11.6 Å². The Morgan fingerprint density at radius 3 is 2.67 bits per heavy atom. The summed E-state index contributed by atoms with van der Waals surface area (Å²) in [5.74, 6) is 2.15. The average molecular weight is 208 g/mol. The summed E-state index contributed by atoms with van der Waals surface area (Å²) in [6.07, 6.45) is 6.66. The Labute approximate surface area is 91.1 Å². The molecule has 0 unspecified atom stereocenters. The van der Waals surface area contributed by atoms with E-state index in [4.69, 9.17) is 0 Å². The van der Waals surface area contributed by atoms with Crippen molar-refractivity contribution in [3.63, 3.8) is 0 Å². The molecule has 4 nitrogen and oxygen atoms in total. The molecule has 0 spiro atoms. The van der Waals surface area contributed by atoms with Crippen LogP contribution in [0.5, 0.6) is 0 Å². The lowest BCUT2D eigenvalue weighted by molar-refractivity contribution is 0.339. The molecule has 1 aromatic rings. The maximum atomic E-state index is 4.23. The maximum absolute atomic E-state index is 4.23. The molecule has 0 bridgehead atoms. The number of nitrogens with one attached hydrogen (secondary N) is 1. The molecule has 1 aliphatic carbocycles. The minimum Gasteiger partial charge on any atom is -0.313 e. The van der Waals surface area contributed by atoms with Crippen LogP contribution < -0.4 is 5.32 Å². The highest BCUT2D eigenvalue weighted by atomic mass is 15.3. The van der Waals surface area contributed by atoms with Gasteiger partial charge in [-0.05, 0) is 26.8 Å². The van der Waals surface area contributed by atoms with Crippen LogP contribution in [0.1, 0.15) is 49.8 Å². The van der Waals surface area contributed by atoms with Crippen LogP contribution in [0.25, 0.3) is 0 Å². The summed E-state index contributed by atoms with van der Waals surface area (Å²) in [7, 11) is 1.95. The van der Waals surface area contributed by atoms with E-state index in [1.165, 1.54) is 32.1 Å². The van der Waals surface area contributed by atoms with Crippen molar-refractivity contribution in [1.29, 1.82) is 0 Å². The summed E-state index contributed by atoms with van der Waals surface area (Å²) in [6, 6.07) is 0.636. The van der Waals surface area contributed by atoms with Crippen LogP contribution in [0.3, 0.4) is 0 Å². The first-order valence-corrected chi connectivity index (χ1v) is 5.88. The van der Waals surface area contributed by atoms with Gasteiger partial charge < -0.3 is 9.88 Å². The van der Waals surface area contributed by atoms with E-state index < -0.39 is 0 Å². The summed E-state index contributed by atoms with van der Waals surface area (Å²) >= 11 is 0. The van der Waals surface area contributed by atoms with Crippen molar-refractivity contribution in [2.45, 2.75) is 51.6 Å². The number of hydrogen-bond acceptors (Lipinski definition) is 3. The molecule has 1 fully saturated rings. The van der Waals surface area contributed by atoms with Crippen LogP contribution in [0.2, 0.25) is 0 Å². The Morgan fingerprint density at radius 1 is 1.27 bits per heavy atom. The van der Waals surface area contributed by atoms with Crippen LogP contribution in [-0.2, 0) is 6.54 Å². The average Bonchev–Trinajstić information content (AvgIpc) is 2.62. The van der Waals surface area contributed by atoms with Crippen molar-refractivity contribution >= 4 is 0 Å². The molecule has 0 aliphatic heterocycles. The number of rotatable bonds is 3. The molecule has 0 aromatic carbocycles. The number of aryl methyl sites for hydroxylation is 1. The smallest absolute Gasteiger partial charge is 0.147 e. The second kappa shape index (κ2) is 4.75. The Kier molecular flexibility index (Phi) is 3.36. The molecule has 1 aromatic heterocycles. The monoisotopic (exact) mass is 208 g/mol. The lowest BCUT2D eigenvalue weighted by Crippen LogP contribution is -2.19. The van der Waals surface area contributed by atoms with Gasteiger partial charge in [-0.3, -0.25) is 0 Å². The quantitative estimate of drug-likeness (QED) is 0.823. The Hall–Kier alpha value is -0.900. The standard InChI is InChI=1S/C11H20N4/c1-9-13-14-11(8-12-2)15(9)10-6-4-3-5-7-10/h10,12H,3-8H2,1-2H3. The fourth-order valence-electron chi connectivity index (χ4n) is 2.51. The minimum atomic E-state index is 0.636. The highest BCUT2D eigenvalue weighted by molar-refractivity contribution is 4.97. The largest absolute Gasteiger partial charge is 0.313 e. The summed E-state index contributed by atoms with van der Waals surface area (Å²) in [6.45, 7) is 2.87. The molecule has 1 heterocycles. The van der Waals surface area contributed by atoms with Crippen molar-refractivity contribution in [3.05, 3.63) is 11.6 Å². The number of aromatic nitrogens is 3. The lowest BCUT2D eigenvalue weighted by atomic mass is 9.95. The molecule has 1 N–H and O–H groups in total. The van der Waals surface area contributed by atoms with Crippen LogP contribution in [0, 0.1) is 6.92 Å². The topological polar surface area (TPSA) is 42.7 Å². The first kappa shape index (κ1) is 10.6. The summed E-state index contributed by atoms with van der Waals surface area (Å²) in [4.78, 5) is 0. The van der Waals surface area contributed by atoms with Crippen LogP contribution in [0.15, 0.2) is 0 Å². The molecule has 4 heteroatoms. The minimum absolute atomic E-state index is 0.636. The third kappa shape index (κ3) is 2.20. The van der Waals surface area contributed by atoms with E-state index in [1.807, 2.05) is 7.05 Å². The predicted molar refractivity (Wildman–Crippen MR) is 59.6 cm³/mol. The van der Waals surface area contributed by atoms with Gasteiger partial charge in [-0.25, -0.2) is 0 Å². The van der Waals surface area contributed by atoms with E-state index in [2.05, 4.69) is 27.0 Å². The van der Waals surface area contributed by atoms with E-state index in [-0.39, 0.29) is 0 Å². The number of hydrogen-bond donors (Lipinski definition) is 1. The van der Waals surface area contributed by atoms with Gasteiger partial charge in [0.2, 0.25) is 0 Å². The highest BCUT2D eigenvalue weighted by Crippen LogP contribution is 2.29. The van der Waals surface area contributed by atoms with Crippen LogP contribution in [-0.4, -0.2) is 21.8 Å². The molecule has 15 heavy (non-hydrogen) atoms. The second-order valence-electron chi connectivity index (χ2n) is 4.36. The second-order valence-corrected chi connectivity index (χ2v) is 4.36. The Balaban J connectivity index is 2.19. The van der Waals surface area contributed by atoms with Crippen LogP contribution >= 0.6 is 0 Å². The summed E-state index contributed by atoms with van der Waals surface area (Å²) in [5.41, 5.74) is 0. The zero-order valence-corrected chi connectivity index (χ0v) is 9.66. The number of nitrogens with zero attached hydrogens (tertiary/aromatic N) is 3. The van der Waals surface area contributed by atoms with Crippen LogP contribution in [0.4, 0.5) is 0 Å². The third-order valence-electron chi connectivity index (χ3n) is 3.21. The first-order valence-electron chi connectivity index (χ1n) is 5.88. The van der Waals surface area contributed by atoms with E-state index in [0.29, 0.717) is 6.04 Å². The van der Waals surface area contributed by atoms with Gasteiger partial charge in [0.25, 0.3) is 0 Å². The molecule has 0 amide bonds. The van der Waals surface area contributed by atoms with E-state index in [0.717, 1.165) is 18.2 Å². The maximum Gasteiger partial charge on any atom is 0.147 e. The molecule has 1 saturated carbocycles. The van der Waals surface area contributed by atoms with Crippen molar-refractivity contribution < 1.29 is 0 Å². The molecule has 0 saturated heterocycles. The van der Waals surface area contributed by atoms with Gasteiger partial charge in [-0.1, -0.05) is 19.3 Å². The molecule has 0 radical (unpaired) electrons. The van der Waals surface area contributed by atoms with Crippen molar-refractivity contribution in [3.8, 4) is 0 Å². The normalized spacial score (nSPS) is 18.3. The molecule has 0 atom stereocenters. The zero-order valence-electron chi connectivity index (χ0n) is 9.66. The molecular weight excluding hydrogens is 188 g/mol. The highest BCUT2D eigenvalue weighted by Gasteiger charge is 2.20. The van der Waals surface area contributed by atoms with Gasteiger partial charge in [0.15, 0.2) is 0 Å². The molecule has 2 rings (SSSR count). The first-order chi connectivity index (χ1) is 7.33. The lowest BCUT2D eigenvalue weighted by Gasteiger charge is -2.25. The van der Waals surface area contributed by atoms with Gasteiger partial charge in [-0.2, -0.15) is 0 Å². The van der Waals surface area contributed by atoms with Gasteiger partial charge in [-0.15, -0.1) is 10.2 Å². The van der Waals surface area contributed by atoms with Crippen molar-refractivity contribution in [2.24, 2.45) is 0 Å². The molecule has 84 valence electrons. The predicted octanol–water partition coefficient (Wildman–Crippen LogP) is 1.81. The fraction of sp³-hybridized carbons (Fsp3) is 0.818. The van der Waals surface area contributed by atoms with Crippen molar-refractivity contribution in [2.75, 3.05) is 7.05 Å².